The molecule has 0 aliphatic rings. The highest BCUT2D eigenvalue weighted by Crippen LogP contribution is 2.22. The number of benzene rings is 1. The van der Waals surface area contributed by atoms with Crippen molar-refractivity contribution in [1.82, 2.24) is 19.5 Å². The lowest BCUT2D eigenvalue weighted by molar-refractivity contribution is 0.102. The quantitative estimate of drug-likeness (QED) is 0.551. The van der Waals surface area contributed by atoms with Gasteiger partial charge in [0, 0.05) is 28.5 Å². The minimum absolute atomic E-state index is 0.190. The second-order valence-electron chi connectivity index (χ2n) is 6.26. The van der Waals surface area contributed by atoms with E-state index in [-0.39, 0.29) is 5.91 Å². The van der Waals surface area contributed by atoms with Crippen LogP contribution in [0.4, 0.5) is 5.95 Å². The second-order valence-corrected chi connectivity index (χ2v) is 7.23. The largest absolute Gasteiger partial charge is 0.497 e. The summed E-state index contributed by atoms with van der Waals surface area (Å²) in [7, 11) is 1.61. The lowest BCUT2D eigenvalue weighted by atomic mass is 10.2. The van der Waals surface area contributed by atoms with Crippen LogP contribution < -0.4 is 10.1 Å². The number of hydrogen-bond donors (Lipinski definition) is 2. The van der Waals surface area contributed by atoms with E-state index in [4.69, 9.17) is 4.74 Å². The maximum atomic E-state index is 12.8. The molecule has 4 aromatic rings. The van der Waals surface area contributed by atoms with Crippen molar-refractivity contribution in [1.29, 1.82) is 0 Å². The summed E-state index contributed by atoms with van der Waals surface area (Å²) in [5, 5.41) is 2.86. The Morgan fingerprint density at radius 2 is 2.19 bits per heavy atom. The SMILES string of the molecule is COc1ccc2nc(NC(=O)c3cc(C)n(Cc4cncs4)c3C)[nH]c2c1. The van der Waals surface area contributed by atoms with Gasteiger partial charge in [-0.3, -0.25) is 15.1 Å². The number of hydrogen-bond acceptors (Lipinski definition) is 5. The highest BCUT2D eigenvalue weighted by Gasteiger charge is 2.17. The van der Waals surface area contributed by atoms with Crippen LogP contribution in [0.1, 0.15) is 26.6 Å². The van der Waals surface area contributed by atoms with Crippen molar-refractivity contribution < 1.29 is 9.53 Å². The Morgan fingerprint density at radius 3 is 2.93 bits per heavy atom. The van der Waals surface area contributed by atoms with E-state index in [0.29, 0.717) is 18.1 Å². The zero-order chi connectivity index (χ0) is 19.0. The van der Waals surface area contributed by atoms with Gasteiger partial charge in [-0.05, 0) is 32.0 Å². The molecule has 138 valence electrons. The number of fused-ring (bicyclic) bond motifs is 1. The summed E-state index contributed by atoms with van der Waals surface area (Å²) in [6.07, 6.45) is 1.85. The van der Waals surface area contributed by atoms with Gasteiger partial charge in [0.1, 0.15) is 5.75 Å². The van der Waals surface area contributed by atoms with Gasteiger partial charge in [0.25, 0.3) is 5.91 Å². The van der Waals surface area contributed by atoms with Crippen molar-refractivity contribution in [3.8, 4) is 5.75 Å². The molecule has 0 saturated heterocycles. The number of imidazole rings is 1. The van der Waals surface area contributed by atoms with Crippen LogP contribution in [0.2, 0.25) is 0 Å². The minimum atomic E-state index is -0.190. The third kappa shape index (κ3) is 3.31. The fourth-order valence-corrected chi connectivity index (χ4v) is 3.68. The number of carbonyl (C=O) groups excluding carboxylic acids is 1. The van der Waals surface area contributed by atoms with Crippen LogP contribution in [-0.2, 0) is 6.54 Å². The van der Waals surface area contributed by atoms with Crippen LogP contribution in [0.5, 0.6) is 5.75 Å². The van der Waals surface area contributed by atoms with E-state index in [1.54, 1.807) is 18.4 Å². The number of aromatic amines is 1. The summed E-state index contributed by atoms with van der Waals surface area (Å²) < 4.78 is 7.33. The molecule has 8 heteroatoms. The predicted octanol–water partition coefficient (Wildman–Crippen LogP) is 3.75. The number of nitrogens with one attached hydrogen (secondary N) is 2. The summed E-state index contributed by atoms with van der Waals surface area (Å²) in [6, 6.07) is 7.43. The van der Waals surface area contributed by atoms with Gasteiger partial charge >= 0.3 is 0 Å². The summed E-state index contributed by atoms with van der Waals surface area (Å²) >= 11 is 1.60. The van der Waals surface area contributed by atoms with Crippen molar-refractivity contribution >= 4 is 34.2 Å². The number of anilines is 1. The molecule has 0 radical (unpaired) electrons. The average Bonchev–Trinajstić information content (AvgIpc) is 3.36. The number of ether oxygens (including phenoxy) is 1. The molecule has 0 saturated carbocycles. The van der Waals surface area contributed by atoms with Gasteiger partial charge in [-0.25, -0.2) is 4.98 Å². The molecule has 0 spiro atoms. The lowest BCUT2D eigenvalue weighted by Crippen LogP contribution is -2.14. The van der Waals surface area contributed by atoms with Crippen LogP contribution in [0.3, 0.4) is 0 Å². The maximum absolute atomic E-state index is 12.8. The number of carbonyl (C=O) groups is 1. The van der Waals surface area contributed by atoms with Crippen molar-refractivity contribution in [2.45, 2.75) is 20.4 Å². The molecule has 0 aliphatic heterocycles. The molecule has 27 heavy (non-hydrogen) atoms. The van der Waals surface area contributed by atoms with Gasteiger partial charge in [0.05, 0.1) is 35.8 Å². The summed E-state index contributed by atoms with van der Waals surface area (Å²) in [5.74, 6) is 0.954. The second kappa shape index (κ2) is 6.88. The van der Waals surface area contributed by atoms with E-state index in [9.17, 15) is 4.79 Å². The Hall–Kier alpha value is -3.13. The molecule has 2 N–H and O–H groups in total. The predicted molar refractivity (Wildman–Crippen MR) is 106 cm³/mol. The molecule has 1 amide bonds. The first-order valence-corrected chi connectivity index (χ1v) is 9.32. The molecule has 4 rings (SSSR count). The van der Waals surface area contributed by atoms with Crippen molar-refractivity contribution in [3.05, 3.63) is 57.8 Å². The maximum Gasteiger partial charge on any atom is 0.259 e. The number of methoxy groups -OCH3 is 1. The molecule has 0 unspecified atom stereocenters. The van der Waals surface area contributed by atoms with Crippen molar-refractivity contribution in [2.75, 3.05) is 12.4 Å². The Labute approximate surface area is 160 Å². The van der Waals surface area contributed by atoms with Gasteiger partial charge in [-0.15, -0.1) is 11.3 Å². The van der Waals surface area contributed by atoms with E-state index in [2.05, 4.69) is 24.8 Å². The van der Waals surface area contributed by atoms with Crippen LogP contribution in [-0.4, -0.2) is 32.5 Å². The number of H-pyrrole nitrogens is 1. The molecule has 7 nitrogen and oxygen atoms in total. The monoisotopic (exact) mass is 381 g/mol. The van der Waals surface area contributed by atoms with E-state index in [1.165, 1.54) is 0 Å². The van der Waals surface area contributed by atoms with E-state index in [0.717, 1.165) is 33.0 Å². The van der Waals surface area contributed by atoms with Crippen molar-refractivity contribution in [3.63, 3.8) is 0 Å². The number of thiazole rings is 1. The normalized spacial score (nSPS) is 11.1. The number of rotatable bonds is 5. The fourth-order valence-electron chi connectivity index (χ4n) is 3.10. The summed E-state index contributed by atoms with van der Waals surface area (Å²) in [6.45, 7) is 4.66. The molecular formula is C19H19N5O2S. The average molecular weight is 381 g/mol. The molecule has 3 heterocycles. The Morgan fingerprint density at radius 1 is 1.33 bits per heavy atom. The van der Waals surface area contributed by atoms with Gasteiger partial charge in [0.2, 0.25) is 5.95 Å². The molecule has 0 fully saturated rings. The number of aryl methyl sites for hydroxylation is 1. The van der Waals surface area contributed by atoms with Crippen LogP contribution in [0.15, 0.2) is 36.0 Å². The van der Waals surface area contributed by atoms with Gasteiger partial charge in [-0.1, -0.05) is 0 Å². The third-order valence-corrected chi connectivity index (χ3v) is 5.30. The van der Waals surface area contributed by atoms with E-state index in [1.807, 2.05) is 49.8 Å². The highest BCUT2D eigenvalue weighted by molar-refractivity contribution is 7.09. The van der Waals surface area contributed by atoms with Crippen LogP contribution >= 0.6 is 11.3 Å². The number of nitrogens with zero attached hydrogens (tertiary/aromatic N) is 3. The van der Waals surface area contributed by atoms with Crippen LogP contribution in [0, 0.1) is 13.8 Å². The first kappa shape index (κ1) is 17.3. The van der Waals surface area contributed by atoms with Crippen LogP contribution in [0.25, 0.3) is 11.0 Å². The van der Waals surface area contributed by atoms with Gasteiger partial charge in [0.15, 0.2) is 0 Å². The fraction of sp³-hybridized carbons (Fsp3) is 0.211. The molecule has 0 aliphatic carbocycles. The molecule has 3 aromatic heterocycles. The summed E-state index contributed by atoms with van der Waals surface area (Å²) in [4.78, 5) is 25.6. The number of aromatic nitrogens is 4. The Bertz CT molecular complexity index is 1110. The Kier molecular flexibility index (Phi) is 4.41. The first-order chi connectivity index (χ1) is 13.0. The summed E-state index contributed by atoms with van der Waals surface area (Å²) in [5.41, 5.74) is 5.96. The zero-order valence-electron chi connectivity index (χ0n) is 15.2. The highest BCUT2D eigenvalue weighted by atomic mass is 32.1. The third-order valence-electron chi connectivity index (χ3n) is 4.54. The zero-order valence-corrected chi connectivity index (χ0v) is 16.1. The van der Waals surface area contributed by atoms with Crippen molar-refractivity contribution in [2.24, 2.45) is 0 Å². The smallest absolute Gasteiger partial charge is 0.259 e. The topological polar surface area (TPSA) is 84.8 Å². The molecule has 0 atom stereocenters. The molecule has 1 aromatic carbocycles. The first-order valence-electron chi connectivity index (χ1n) is 8.44. The standard InChI is InChI=1S/C19H19N5O2S/c1-11-6-15(12(2)24(11)9-14-8-20-10-27-14)18(25)23-19-21-16-5-4-13(26-3)7-17(16)22-19/h4-8,10H,9H2,1-3H3,(H2,21,22,23,25). The molecule has 0 bridgehead atoms. The lowest BCUT2D eigenvalue weighted by Gasteiger charge is -2.08. The minimum Gasteiger partial charge on any atom is -0.497 e. The number of amides is 1. The van der Waals surface area contributed by atoms with Gasteiger partial charge < -0.3 is 14.3 Å². The molecular weight excluding hydrogens is 362 g/mol. The Balaban J connectivity index is 1.58. The van der Waals surface area contributed by atoms with E-state index >= 15 is 0 Å². The van der Waals surface area contributed by atoms with Gasteiger partial charge in [-0.2, -0.15) is 0 Å². The van der Waals surface area contributed by atoms with E-state index < -0.39 is 0 Å².